The van der Waals surface area contributed by atoms with Gasteiger partial charge in [0.05, 0.1) is 0 Å². The third-order valence-electron chi connectivity index (χ3n) is 4.22. The molecule has 0 radical (unpaired) electrons. The largest absolute Gasteiger partial charge is 0.506 e. The van der Waals surface area contributed by atoms with Crippen LogP contribution in [-0.2, 0) is 13.3 Å². The van der Waals surface area contributed by atoms with Crippen LogP contribution in [0.3, 0.4) is 0 Å². The molecular formula is C19H42O3Si. The highest BCUT2D eigenvalue weighted by Gasteiger charge is 2.55. The van der Waals surface area contributed by atoms with Gasteiger partial charge in [0, 0.05) is 24.9 Å². The highest BCUT2D eigenvalue weighted by Crippen LogP contribution is 2.44. The second-order valence-electron chi connectivity index (χ2n) is 7.15. The maximum atomic E-state index is 6.32. The minimum atomic E-state index is -2.65. The van der Waals surface area contributed by atoms with Crippen molar-refractivity contribution in [2.75, 3.05) is 19.8 Å². The van der Waals surface area contributed by atoms with Gasteiger partial charge in [0.25, 0.3) is 0 Å². The molecule has 0 saturated heterocycles. The molecule has 0 amide bonds. The first-order valence-electron chi connectivity index (χ1n) is 9.91. The van der Waals surface area contributed by atoms with Gasteiger partial charge < -0.3 is 13.3 Å². The molecule has 0 unspecified atom stereocenters. The summed E-state index contributed by atoms with van der Waals surface area (Å²) in [5.41, 5.74) is 0. The number of hydrogen-bond acceptors (Lipinski definition) is 3. The Labute approximate surface area is 146 Å². The van der Waals surface area contributed by atoms with Gasteiger partial charge in [-0.1, -0.05) is 73.6 Å². The number of unbranched alkanes of at least 4 members (excludes halogenated alkanes) is 4. The lowest BCUT2D eigenvalue weighted by molar-refractivity contribution is 0.0354. The summed E-state index contributed by atoms with van der Waals surface area (Å²) in [6.07, 6.45) is 10.7. The lowest BCUT2D eigenvalue weighted by Gasteiger charge is -2.41. The summed E-state index contributed by atoms with van der Waals surface area (Å²) in [6.45, 7) is 15.5. The number of hydrogen-bond donors (Lipinski definition) is 0. The minimum absolute atomic E-state index is 0.0152. The van der Waals surface area contributed by atoms with Crippen LogP contribution in [0.25, 0.3) is 0 Å². The summed E-state index contributed by atoms with van der Waals surface area (Å²) in [5.74, 6) is 0. The standard InChI is InChI=1S/C19H42O3Si/c1-7-11-12-13-14-15-19(5,6)23(20-16-8-2,21-17-9-3)22-18-10-4/h7-18H2,1-6H3. The first-order valence-corrected chi connectivity index (χ1v) is 11.6. The molecule has 3 nitrogen and oxygen atoms in total. The summed E-state index contributed by atoms with van der Waals surface area (Å²) in [5, 5.41) is -0.0152. The van der Waals surface area contributed by atoms with Crippen molar-refractivity contribution in [3.63, 3.8) is 0 Å². The van der Waals surface area contributed by atoms with Crippen LogP contribution in [0.4, 0.5) is 0 Å². The van der Waals surface area contributed by atoms with Crippen molar-refractivity contribution in [3.8, 4) is 0 Å². The molecule has 0 saturated carbocycles. The van der Waals surface area contributed by atoms with E-state index >= 15 is 0 Å². The minimum Gasteiger partial charge on any atom is -0.373 e. The van der Waals surface area contributed by atoms with Crippen LogP contribution in [0.15, 0.2) is 0 Å². The molecule has 23 heavy (non-hydrogen) atoms. The quantitative estimate of drug-likeness (QED) is 0.241. The molecule has 0 atom stereocenters. The van der Waals surface area contributed by atoms with Crippen LogP contribution in [0.1, 0.15) is 99.3 Å². The summed E-state index contributed by atoms with van der Waals surface area (Å²) in [6, 6.07) is 0. The highest BCUT2D eigenvalue weighted by molar-refractivity contribution is 6.64. The van der Waals surface area contributed by atoms with Crippen LogP contribution >= 0.6 is 0 Å². The van der Waals surface area contributed by atoms with E-state index in [-0.39, 0.29) is 5.04 Å². The second-order valence-corrected chi connectivity index (χ2v) is 10.5. The molecule has 0 aromatic rings. The van der Waals surface area contributed by atoms with E-state index in [1.807, 2.05) is 0 Å². The van der Waals surface area contributed by atoms with E-state index in [2.05, 4.69) is 41.5 Å². The summed E-state index contributed by atoms with van der Waals surface area (Å²) in [7, 11) is -2.65. The predicted molar refractivity (Wildman–Crippen MR) is 102 cm³/mol. The Morgan fingerprint density at radius 1 is 0.609 bits per heavy atom. The van der Waals surface area contributed by atoms with Gasteiger partial charge in [-0.2, -0.15) is 0 Å². The Bertz CT molecular complexity index is 248. The van der Waals surface area contributed by atoms with Crippen molar-refractivity contribution in [1.29, 1.82) is 0 Å². The van der Waals surface area contributed by atoms with Gasteiger partial charge in [-0.15, -0.1) is 0 Å². The van der Waals surface area contributed by atoms with E-state index in [0.29, 0.717) is 0 Å². The fourth-order valence-electron chi connectivity index (χ4n) is 2.74. The normalized spacial score (nSPS) is 12.8. The SMILES string of the molecule is CCCCCCCC(C)(C)[Si](OCCC)(OCCC)OCCC. The Morgan fingerprint density at radius 3 is 1.43 bits per heavy atom. The summed E-state index contributed by atoms with van der Waals surface area (Å²) in [4.78, 5) is 0. The lowest BCUT2D eigenvalue weighted by Crippen LogP contribution is -2.55. The van der Waals surface area contributed by atoms with Crippen molar-refractivity contribution < 1.29 is 13.3 Å². The third kappa shape index (κ3) is 8.66. The molecular weight excluding hydrogens is 304 g/mol. The van der Waals surface area contributed by atoms with E-state index in [0.717, 1.165) is 45.5 Å². The summed E-state index contributed by atoms with van der Waals surface area (Å²) < 4.78 is 19.0. The van der Waals surface area contributed by atoms with Gasteiger partial charge >= 0.3 is 8.80 Å². The topological polar surface area (TPSA) is 27.7 Å². The van der Waals surface area contributed by atoms with Crippen molar-refractivity contribution in [2.45, 2.75) is 104 Å². The maximum absolute atomic E-state index is 6.32. The van der Waals surface area contributed by atoms with Crippen LogP contribution in [0.2, 0.25) is 5.04 Å². The van der Waals surface area contributed by atoms with Gasteiger partial charge in [0.15, 0.2) is 0 Å². The van der Waals surface area contributed by atoms with E-state index in [1.54, 1.807) is 0 Å². The van der Waals surface area contributed by atoms with Crippen LogP contribution in [0, 0.1) is 0 Å². The Balaban J connectivity index is 4.90. The van der Waals surface area contributed by atoms with Crippen molar-refractivity contribution in [2.24, 2.45) is 0 Å². The molecule has 0 aromatic carbocycles. The molecule has 140 valence electrons. The Morgan fingerprint density at radius 2 is 1.04 bits per heavy atom. The zero-order valence-electron chi connectivity index (χ0n) is 16.7. The smallest absolute Gasteiger partial charge is 0.373 e. The second kappa shape index (κ2) is 13.4. The molecule has 0 heterocycles. The molecule has 0 spiro atoms. The Kier molecular flexibility index (Phi) is 13.5. The van der Waals surface area contributed by atoms with E-state index in [9.17, 15) is 0 Å². The van der Waals surface area contributed by atoms with Crippen molar-refractivity contribution >= 4 is 8.80 Å². The molecule has 0 fully saturated rings. The first kappa shape index (κ1) is 23.1. The van der Waals surface area contributed by atoms with Gasteiger partial charge in [0.2, 0.25) is 0 Å². The lowest BCUT2D eigenvalue weighted by atomic mass is 10.0. The molecule has 4 heteroatoms. The molecule has 0 N–H and O–H groups in total. The molecule has 0 aromatic heterocycles. The van der Waals surface area contributed by atoms with Crippen molar-refractivity contribution in [1.82, 2.24) is 0 Å². The van der Waals surface area contributed by atoms with Crippen LogP contribution in [-0.4, -0.2) is 28.6 Å². The molecule has 0 bridgehead atoms. The van der Waals surface area contributed by atoms with Gasteiger partial charge in [-0.25, -0.2) is 0 Å². The zero-order valence-corrected chi connectivity index (χ0v) is 17.7. The van der Waals surface area contributed by atoms with Gasteiger partial charge in [0.1, 0.15) is 0 Å². The van der Waals surface area contributed by atoms with Crippen LogP contribution in [0.5, 0.6) is 0 Å². The monoisotopic (exact) mass is 346 g/mol. The Hall–Kier alpha value is 0.0969. The molecule has 0 aliphatic heterocycles. The van der Waals surface area contributed by atoms with Crippen molar-refractivity contribution in [3.05, 3.63) is 0 Å². The fraction of sp³-hybridized carbons (Fsp3) is 1.00. The summed E-state index contributed by atoms with van der Waals surface area (Å²) >= 11 is 0. The fourth-order valence-corrected chi connectivity index (χ4v) is 6.07. The predicted octanol–water partition coefficient (Wildman–Crippen LogP) is 6.35. The van der Waals surface area contributed by atoms with E-state index in [1.165, 1.54) is 32.1 Å². The average molecular weight is 347 g/mol. The highest BCUT2D eigenvalue weighted by atomic mass is 28.4. The van der Waals surface area contributed by atoms with Gasteiger partial charge in [-0.05, 0) is 25.7 Å². The van der Waals surface area contributed by atoms with Crippen LogP contribution < -0.4 is 0 Å². The zero-order chi connectivity index (χ0) is 17.6. The number of rotatable bonds is 16. The molecule has 0 rings (SSSR count). The first-order chi connectivity index (χ1) is 11.0. The van der Waals surface area contributed by atoms with E-state index in [4.69, 9.17) is 13.3 Å². The van der Waals surface area contributed by atoms with Gasteiger partial charge in [-0.3, -0.25) is 0 Å². The molecule has 0 aliphatic carbocycles. The van der Waals surface area contributed by atoms with E-state index < -0.39 is 8.80 Å². The molecule has 0 aliphatic rings. The maximum Gasteiger partial charge on any atom is 0.506 e. The average Bonchev–Trinajstić information content (AvgIpc) is 2.54. The third-order valence-corrected chi connectivity index (χ3v) is 7.88.